The van der Waals surface area contributed by atoms with Gasteiger partial charge in [0.25, 0.3) is 0 Å². The summed E-state index contributed by atoms with van der Waals surface area (Å²) < 4.78 is 1.03. The van der Waals surface area contributed by atoms with Gasteiger partial charge in [0.1, 0.15) is 5.78 Å². The number of carbonyl (C=O) groups excluding carboxylic acids is 1. The van der Waals surface area contributed by atoms with Crippen LogP contribution in [-0.2, 0) is 4.79 Å². The van der Waals surface area contributed by atoms with E-state index in [2.05, 4.69) is 25.9 Å². The van der Waals surface area contributed by atoms with Gasteiger partial charge in [-0.15, -0.1) is 0 Å². The number of aromatic nitrogens is 2. The maximum absolute atomic E-state index is 10.8. The highest BCUT2D eigenvalue weighted by molar-refractivity contribution is 9.10. The number of halogens is 1. The van der Waals surface area contributed by atoms with Crippen LogP contribution in [0.2, 0.25) is 0 Å². The van der Waals surface area contributed by atoms with Gasteiger partial charge in [0.15, 0.2) is 5.16 Å². The molecule has 0 aliphatic heterocycles. The Hall–Kier alpha value is -0.810. The number of fused-ring (bicyclic) bond motifs is 1. The summed E-state index contributed by atoms with van der Waals surface area (Å²) in [6.45, 7) is 1.61. The van der Waals surface area contributed by atoms with Crippen LogP contribution in [0.3, 0.4) is 0 Å². The fourth-order valence-electron chi connectivity index (χ4n) is 1.32. The minimum Gasteiger partial charge on any atom is -0.333 e. The van der Waals surface area contributed by atoms with Crippen molar-refractivity contribution in [1.29, 1.82) is 0 Å². The molecule has 2 rings (SSSR count). The zero-order valence-electron chi connectivity index (χ0n) is 8.79. The van der Waals surface area contributed by atoms with Gasteiger partial charge in [-0.1, -0.05) is 27.7 Å². The monoisotopic (exact) mass is 298 g/mol. The number of Topliss-reactive ketones (excluding diaryl/α,β-unsaturated/α-hetero) is 1. The van der Waals surface area contributed by atoms with Gasteiger partial charge >= 0.3 is 0 Å². The number of nitrogens with zero attached hydrogens (tertiary/aromatic N) is 1. The Morgan fingerprint density at radius 2 is 2.38 bits per heavy atom. The predicted octanol–water partition coefficient (Wildman–Crippen LogP) is 3.40. The van der Waals surface area contributed by atoms with E-state index in [0.29, 0.717) is 6.42 Å². The van der Waals surface area contributed by atoms with Gasteiger partial charge in [0.05, 0.1) is 11.0 Å². The van der Waals surface area contributed by atoms with Gasteiger partial charge in [-0.2, -0.15) is 0 Å². The number of rotatable bonds is 4. The maximum Gasteiger partial charge on any atom is 0.166 e. The van der Waals surface area contributed by atoms with Crippen LogP contribution in [0.25, 0.3) is 11.0 Å². The molecule has 0 spiro atoms. The van der Waals surface area contributed by atoms with Crippen molar-refractivity contribution >= 4 is 44.5 Å². The van der Waals surface area contributed by atoms with Crippen molar-refractivity contribution in [3.8, 4) is 0 Å². The lowest BCUT2D eigenvalue weighted by atomic mass is 10.3. The number of hydrogen-bond acceptors (Lipinski definition) is 3. The second kappa shape index (κ2) is 5.01. The molecule has 1 aromatic carbocycles. The number of aromatic amines is 1. The molecule has 2 aromatic rings. The van der Waals surface area contributed by atoms with E-state index in [9.17, 15) is 4.79 Å². The summed E-state index contributed by atoms with van der Waals surface area (Å²) in [5, 5.41) is 0.870. The fourth-order valence-corrected chi connectivity index (χ4v) is 2.61. The molecule has 0 atom stereocenters. The van der Waals surface area contributed by atoms with Crippen LogP contribution in [0.1, 0.15) is 13.3 Å². The van der Waals surface area contributed by atoms with Gasteiger partial charge in [-0.05, 0) is 25.1 Å². The first-order valence-electron chi connectivity index (χ1n) is 4.92. The predicted molar refractivity (Wildman–Crippen MR) is 69.8 cm³/mol. The van der Waals surface area contributed by atoms with Gasteiger partial charge in [0.2, 0.25) is 0 Å². The van der Waals surface area contributed by atoms with Crippen LogP contribution in [0.5, 0.6) is 0 Å². The molecule has 16 heavy (non-hydrogen) atoms. The van der Waals surface area contributed by atoms with E-state index >= 15 is 0 Å². The van der Waals surface area contributed by atoms with Crippen molar-refractivity contribution in [2.75, 3.05) is 5.75 Å². The first-order chi connectivity index (χ1) is 7.65. The van der Waals surface area contributed by atoms with Crippen molar-refractivity contribution in [3.63, 3.8) is 0 Å². The topological polar surface area (TPSA) is 45.8 Å². The molecule has 84 valence electrons. The van der Waals surface area contributed by atoms with Crippen molar-refractivity contribution in [1.82, 2.24) is 9.97 Å². The molecule has 0 radical (unpaired) electrons. The van der Waals surface area contributed by atoms with Crippen LogP contribution in [0.15, 0.2) is 27.8 Å². The molecule has 0 unspecified atom stereocenters. The van der Waals surface area contributed by atoms with Crippen molar-refractivity contribution in [2.45, 2.75) is 18.5 Å². The summed E-state index contributed by atoms with van der Waals surface area (Å²) in [6, 6.07) is 5.93. The average molecular weight is 299 g/mol. The van der Waals surface area contributed by atoms with E-state index in [-0.39, 0.29) is 5.78 Å². The molecular weight excluding hydrogens is 288 g/mol. The van der Waals surface area contributed by atoms with E-state index in [4.69, 9.17) is 0 Å². The van der Waals surface area contributed by atoms with Crippen molar-refractivity contribution < 1.29 is 4.79 Å². The minimum absolute atomic E-state index is 0.214. The third kappa shape index (κ3) is 2.86. The number of ketones is 1. The zero-order valence-corrected chi connectivity index (χ0v) is 11.2. The number of hydrogen-bond donors (Lipinski definition) is 1. The third-order valence-corrected chi connectivity index (χ3v) is 3.48. The van der Waals surface area contributed by atoms with Crippen LogP contribution >= 0.6 is 27.7 Å². The molecular formula is C11H11BrN2OS. The van der Waals surface area contributed by atoms with E-state index in [1.54, 1.807) is 18.7 Å². The number of benzene rings is 1. The SMILES string of the molecule is CC(=O)CCSc1nc2ccc(Br)cc2[nH]1. The standard InChI is InChI=1S/C11H11BrN2OS/c1-7(15)4-5-16-11-13-9-3-2-8(12)6-10(9)14-11/h2-3,6H,4-5H2,1H3,(H,13,14). The summed E-state index contributed by atoms with van der Waals surface area (Å²) in [7, 11) is 0. The summed E-state index contributed by atoms with van der Waals surface area (Å²) in [4.78, 5) is 18.4. The lowest BCUT2D eigenvalue weighted by molar-refractivity contribution is -0.116. The summed E-state index contributed by atoms with van der Waals surface area (Å²) in [6.07, 6.45) is 0.589. The molecule has 1 heterocycles. The fraction of sp³-hybridized carbons (Fsp3) is 0.273. The molecule has 0 saturated carbocycles. The molecule has 0 bridgehead atoms. The molecule has 0 aliphatic carbocycles. The second-order valence-corrected chi connectivity index (χ2v) is 5.50. The Morgan fingerprint density at radius 3 is 3.12 bits per heavy atom. The number of H-pyrrole nitrogens is 1. The van der Waals surface area contributed by atoms with Crippen LogP contribution in [0, 0.1) is 0 Å². The highest BCUT2D eigenvalue weighted by Crippen LogP contribution is 2.22. The molecule has 1 N–H and O–H groups in total. The van der Waals surface area contributed by atoms with Gasteiger partial charge in [0, 0.05) is 16.6 Å². The Kier molecular flexibility index (Phi) is 3.66. The van der Waals surface area contributed by atoms with E-state index in [1.807, 2.05) is 18.2 Å². The average Bonchev–Trinajstić information content (AvgIpc) is 2.58. The quantitative estimate of drug-likeness (QED) is 0.880. The lowest BCUT2D eigenvalue weighted by Crippen LogP contribution is -1.91. The van der Waals surface area contributed by atoms with E-state index in [1.165, 1.54) is 0 Å². The van der Waals surface area contributed by atoms with Crippen molar-refractivity contribution in [2.24, 2.45) is 0 Å². The van der Waals surface area contributed by atoms with Crippen LogP contribution < -0.4 is 0 Å². The van der Waals surface area contributed by atoms with Crippen LogP contribution in [0.4, 0.5) is 0 Å². The van der Waals surface area contributed by atoms with Crippen LogP contribution in [-0.4, -0.2) is 21.5 Å². The normalized spacial score (nSPS) is 10.9. The smallest absolute Gasteiger partial charge is 0.166 e. The highest BCUT2D eigenvalue weighted by atomic mass is 79.9. The van der Waals surface area contributed by atoms with E-state index < -0.39 is 0 Å². The Balaban J connectivity index is 2.10. The summed E-state index contributed by atoms with van der Waals surface area (Å²) in [5.74, 6) is 0.988. The maximum atomic E-state index is 10.8. The van der Waals surface area contributed by atoms with Gasteiger partial charge in [-0.25, -0.2) is 4.98 Å². The van der Waals surface area contributed by atoms with Crippen molar-refractivity contribution in [3.05, 3.63) is 22.7 Å². The molecule has 0 saturated heterocycles. The Morgan fingerprint density at radius 1 is 1.56 bits per heavy atom. The lowest BCUT2D eigenvalue weighted by Gasteiger charge is -1.93. The highest BCUT2D eigenvalue weighted by Gasteiger charge is 2.04. The Labute approximate surface area is 106 Å². The first-order valence-corrected chi connectivity index (χ1v) is 6.70. The number of imidazole rings is 1. The zero-order chi connectivity index (χ0) is 11.5. The number of carbonyl (C=O) groups is 1. The molecule has 3 nitrogen and oxygen atoms in total. The molecule has 0 aliphatic rings. The third-order valence-electron chi connectivity index (χ3n) is 2.12. The Bertz CT molecular complexity index is 524. The van der Waals surface area contributed by atoms with Gasteiger partial charge < -0.3 is 4.98 Å². The second-order valence-electron chi connectivity index (χ2n) is 3.50. The van der Waals surface area contributed by atoms with E-state index in [0.717, 1.165) is 26.4 Å². The molecule has 5 heteroatoms. The number of nitrogens with one attached hydrogen (secondary N) is 1. The minimum atomic E-state index is 0.214. The first kappa shape index (κ1) is 11.7. The summed E-state index contributed by atoms with van der Waals surface area (Å²) in [5.41, 5.74) is 1.97. The molecule has 0 amide bonds. The molecule has 0 fully saturated rings. The summed E-state index contributed by atoms with van der Waals surface area (Å²) >= 11 is 4.99. The number of thioether (sulfide) groups is 1. The van der Waals surface area contributed by atoms with Gasteiger partial charge in [-0.3, -0.25) is 4.79 Å². The largest absolute Gasteiger partial charge is 0.333 e. The molecule has 1 aromatic heterocycles.